The van der Waals surface area contributed by atoms with E-state index < -0.39 is 17.8 Å². The number of benzene rings is 2. The molecule has 1 atom stereocenters. The number of carbonyl (C=O) groups excluding carboxylic acids is 2. The molecule has 0 radical (unpaired) electrons. The van der Waals surface area contributed by atoms with Gasteiger partial charge in [-0.05, 0) is 41.9 Å². The molecule has 2 heterocycles. The van der Waals surface area contributed by atoms with Crippen molar-refractivity contribution in [3.8, 4) is 0 Å². The van der Waals surface area contributed by atoms with E-state index in [9.17, 15) is 14.0 Å². The fourth-order valence-electron chi connectivity index (χ4n) is 3.05. The van der Waals surface area contributed by atoms with Gasteiger partial charge in [0, 0.05) is 31.9 Å². The highest BCUT2D eigenvalue weighted by molar-refractivity contribution is 9.10. The van der Waals surface area contributed by atoms with E-state index in [1.165, 1.54) is 18.2 Å². The molecule has 5 nitrogen and oxygen atoms in total. The SMILES string of the molecule is O=C1NC(c2cc(F)ccc2Cl)c2c(NC(=O)c3nsc(Cl)c3Cl)cc(Br)cc21. The molecule has 0 aliphatic carbocycles. The summed E-state index contributed by atoms with van der Waals surface area (Å²) in [5, 5.41) is 5.81. The summed E-state index contributed by atoms with van der Waals surface area (Å²) in [6.45, 7) is 0. The van der Waals surface area contributed by atoms with Crippen LogP contribution < -0.4 is 10.6 Å². The number of anilines is 1. The lowest BCUT2D eigenvalue weighted by molar-refractivity contribution is 0.0959. The molecule has 4 rings (SSSR count). The Labute approximate surface area is 191 Å². The first-order valence-electron chi connectivity index (χ1n) is 7.97. The van der Waals surface area contributed by atoms with Gasteiger partial charge in [-0.15, -0.1) is 0 Å². The summed E-state index contributed by atoms with van der Waals surface area (Å²) in [6.07, 6.45) is 0. The minimum Gasteiger partial charge on any atom is -0.341 e. The molecule has 3 aromatic rings. The molecule has 0 bridgehead atoms. The minimum absolute atomic E-state index is 0.0342. The Morgan fingerprint density at radius 3 is 2.69 bits per heavy atom. The second-order valence-corrected chi connectivity index (χ2v) is 9.14. The predicted octanol–water partition coefficient (Wildman–Crippen LogP) is 6.09. The molecule has 0 saturated carbocycles. The van der Waals surface area contributed by atoms with Crippen LogP contribution in [0.3, 0.4) is 0 Å². The summed E-state index contributed by atoms with van der Waals surface area (Å²) in [4.78, 5) is 25.2. The van der Waals surface area contributed by atoms with Gasteiger partial charge in [-0.25, -0.2) is 4.39 Å². The number of carbonyl (C=O) groups is 2. The summed E-state index contributed by atoms with van der Waals surface area (Å²) in [7, 11) is 0. The van der Waals surface area contributed by atoms with Gasteiger partial charge in [0.2, 0.25) is 0 Å². The molecule has 11 heteroatoms. The topological polar surface area (TPSA) is 71.1 Å². The number of hydrogen-bond acceptors (Lipinski definition) is 4. The van der Waals surface area contributed by atoms with Gasteiger partial charge in [0.15, 0.2) is 5.69 Å². The van der Waals surface area contributed by atoms with Crippen LogP contribution in [-0.4, -0.2) is 16.2 Å². The molecule has 1 aliphatic heterocycles. The standard InChI is InChI=1S/C18H8BrCl3FN3O2S/c19-6-3-9-12(11(4-6)24-18(28)15-13(21)16(22)29-26-15)14(25-17(9)27)8-5-7(23)1-2-10(8)20/h1-5,14H,(H,24,28)(H,25,27). The molecule has 0 spiro atoms. The summed E-state index contributed by atoms with van der Waals surface area (Å²) in [5.74, 6) is -1.47. The van der Waals surface area contributed by atoms with Crippen LogP contribution in [-0.2, 0) is 0 Å². The maximum atomic E-state index is 13.8. The van der Waals surface area contributed by atoms with Crippen LogP contribution in [0.5, 0.6) is 0 Å². The van der Waals surface area contributed by atoms with Gasteiger partial charge in [0.05, 0.1) is 6.04 Å². The van der Waals surface area contributed by atoms with Crippen molar-refractivity contribution in [2.24, 2.45) is 0 Å². The van der Waals surface area contributed by atoms with Crippen molar-refractivity contribution in [2.75, 3.05) is 5.32 Å². The highest BCUT2D eigenvalue weighted by Gasteiger charge is 2.35. The second kappa shape index (κ2) is 7.85. The normalized spacial score (nSPS) is 15.2. The lowest BCUT2D eigenvalue weighted by Gasteiger charge is -2.18. The van der Waals surface area contributed by atoms with E-state index in [2.05, 4.69) is 30.9 Å². The Morgan fingerprint density at radius 2 is 2.00 bits per heavy atom. The van der Waals surface area contributed by atoms with E-state index in [4.69, 9.17) is 34.8 Å². The van der Waals surface area contributed by atoms with E-state index in [1.807, 2.05) is 0 Å². The van der Waals surface area contributed by atoms with Crippen molar-refractivity contribution in [3.05, 3.63) is 77.4 Å². The van der Waals surface area contributed by atoms with E-state index >= 15 is 0 Å². The minimum atomic E-state index is -0.751. The first kappa shape index (κ1) is 20.6. The predicted molar refractivity (Wildman–Crippen MR) is 115 cm³/mol. The molecule has 2 aromatic carbocycles. The zero-order valence-corrected chi connectivity index (χ0v) is 18.7. The maximum Gasteiger partial charge on any atom is 0.276 e. The summed E-state index contributed by atoms with van der Waals surface area (Å²) in [5.41, 5.74) is 1.43. The van der Waals surface area contributed by atoms with Crippen LogP contribution in [0, 0.1) is 5.82 Å². The highest BCUT2D eigenvalue weighted by atomic mass is 79.9. The van der Waals surface area contributed by atoms with E-state index in [0.29, 0.717) is 26.9 Å². The molecular formula is C18H8BrCl3FN3O2S. The van der Waals surface area contributed by atoms with Crippen LogP contribution in [0.15, 0.2) is 34.8 Å². The smallest absolute Gasteiger partial charge is 0.276 e. The third kappa shape index (κ3) is 3.75. The van der Waals surface area contributed by atoms with Gasteiger partial charge in [-0.2, -0.15) is 4.37 Å². The number of nitrogens with zero attached hydrogens (tertiary/aromatic N) is 1. The van der Waals surface area contributed by atoms with Gasteiger partial charge < -0.3 is 10.6 Å². The molecule has 148 valence electrons. The van der Waals surface area contributed by atoms with Crippen molar-refractivity contribution in [2.45, 2.75) is 6.04 Å². The quantitative estimate of drug-likeness (QED) is 0.427. The Kier molecular flexibility index (Phi) is 5.56. The van der Waals surface area contributed by atoms with Crippen LogP contribution in [0.4, 0.5) is 10.1 Å². The Bertz CT molecular complexity index is 1190. The molecule has 0 fully saturated rings. The second-order valence-electron chi connectivity index (χ2n) is 6.06. The highest BCUT2D eigenvalue weighted by Crippen LogP contribution is 2.41. The van der Waals surface area contributed by atoms with Crippen molar-refractivity contribution in [3.63, 3.8) is 0 Å². The molecule has 2 N–H and O–H groups in total. The van der Waals surface area contributed by atoms with Crippen molar-refractivity contribution >= 4 is 79.8 Å². The third-order valence-corrected chi connectivity index (χ3v) is 6.70. The molecule has 0 saturated heterocycles. The molecule has 1 aromatic heterocycles. The first-order chi connectivity index (χ1) is 13.8. The first-order valence-corrected chi connectivity index (χ1v) is 10.7. The Morgan fingerprint density at radius 1 is 1.24 bits per heavy atom. The van der Waals surface area contributed by atoms with Gasteiger partial charge >= 0.3 is 0 Å². The van der Waals surface area contributed by atoms with E-state index in [-0.39, 0.29) is 26.0 Å². The molecular weight excluding hydrogens is 528 g/mol. The van der Waals surface area contributed by atoms with Crippen LogP contribution in [0.2, 0.25) is 14.4 Å². The summed E-state index contributed by atoms with van der Waals surface area (Å²) in [6, 6.07) is 6.36. The monoisotopic (exact) mass is 533 g/mol. The largest absolute Gasteiger partial charge is 0.341 e. The number of nitrogens with one attached hydrogen (secondary N) is 2. The average Bonchev–Trinajstić information content (AvgIpc) is 3.17. The van der Waals surface area contributed by atoms with Crippen LogP contribution in [0.25, 0.3) is 0 Å². The zero-order chi connectivity index (χ0) is 20.9. The van der Waals surface area contributed by atoms with Gasteiger partial charge in [-0.3, -0.25) is 9.59 Å². The van der Waals surface area contributed by atoms with Gasteiger partial charge in [-0.1, -0.05) is 50.7 Å². The number of fused-ring (bicyclic) bond motifs is 1. The number of halogens is 5. The third-order valence-electron chi connectivity index (χ3n) is 4.28. The van der Waals surface area contributed by atoms with Crippen molar-refractivity contribution < 1.29 is 14.0 Å². The molecule has 2 amide bonds. The molecule has 1 unspecified atom stereocenters. The fraction of sp³-hybridized carbons (Fsp3) is 0.0556. The molecule has 1 aliphatic rings. The summed E-state index contributed by atoms with van der Waals surface area (Å²) >= 11 is 22.4. The van der Waals surface area contributed by atoms with Crippen LogP contribution >= 0.6 is 62.3 Å². The number of amides is 2. The van der Waals surface area contributed by atoms with Gasteiger partial charge in [0.25, 0.3) is 11.8 Å². The fourth-order valence-corrected chi connectivity index (χ4v) is 4.73. The van der Waals surface area contributed by atoms with Crippen molar-refractivity contribution in [1.29, 1.82) is 0 Å². The van der Waals surface area contributed by atoms with E-state index in [1.54, 1.807) is 12.1 Å². The Hall–Kier alpha value is -1.71. The molecule has 29 heavy (non-hydrogen) atoms. The number of hydrogen-bond donors (Lipinski definition) is 2. The van der Waals surface area contributed by atoms with Crippen molar-refractivity contribution in [1.82, 2.24) is 9.69 Å². The maximum absolute atomic E-state index is 13.8. The number of rotatable bonds is 3. The van der Waals surface area contributed by atoms with Crippen LogP contribution in [0.1, 0.15) is 38.0 Å². The Balaban J connectivity index is 1.82. The lowest BCUT2D eigenvalue weighted by Crippen LogP contribution is -2.21. The number of aromatic nitrogens is 1. The van der Waals surface area contributed by atoms with E-state index in [0.717, 1.165) is 11.5 Å². The average molecular weight is 536 g/mol. The lowest BCUT2D eigenvalue weighted by atomic mass is 9.96. The van der Waals surface area contributed by atoms with Gasteiger partial charge in [0.1, 0.15) is 15.2 Å². The zero-order valence-electron chi connectivity index (χ0n) is 14.0. The summed E-state index contributed by atoms with van der Waals surface area (Å²) < 4.78 is 18.5.